The van der Waals surface area contributed by atoms with Crippen molar-refractivity contribution in [1.82, 2.24) is 4.98 Å². The third-order valence-electron chi connectivity index (χ3n) is 3.03. The van der Waals surface area contributed by atoms with Gasteiger partial charge in [0.2, 0.25) is 0 Å². The number of hydrogen-bond acceptors (Lipinski definition) is 2. The predicted molar refractivity (Wildman–Crippen MR) is 59.6 cm³/mol. The number of aryl methyl sites for hydroxylation is 1. The topological polar surface area (TPSA) is 48.4 Å². The Morgan fingerprint density at radius 3 is 2.93 bits per heavy atom. The number of nitrogens with one attached hydrogen (secondary N) is 1. The van der Waals surface area contributed by atoms with Crippen molar-refractivity contribution in [2.45, 2.75) is 19.3 Å². The van der Waals surface area contributed by atoms with Gasteiger partial charge in [0.25, 0.3) is 0 Å². The van der Waals surface area contributed by atoms with Gasteiger partial charge in [-0.15, -0.1) is 0 Å². The Kier molecular flexibility index (Phi) is 1.78. The van der Waals surface area contributed by atoms with Gasteiger partial charge in [0.05, 0.1) is 5.71 Å². The zero-order valence-electron chi connectivity index (χ0n) is 8.33. The van der Waals surface area contributed by atoms with Crippen molar-refractivity contribution in [2.75, 3.05) is 0 Å². The predicted octanol–water partition coefficient (Wildman–Crippen LogP) is 2.68. The summed E-state index contributed by atoms with van der Waals surface area (Å²) in [5.74, 6) is 0. The Morgan fingerprint density at radius 1 is 1.20 bits per heavy atom. The van der Waals surface area contributed by atoms with Gasteiger partial charge in [-0.1, -0.05) is 23.4 Å². The molecule has 0 bridgehead atoms. The van der Waals surface area contributed by atoms with E-state index in [1.807, 2.05) is 12.1 Å². The smallest absolute Gasteiger partial charge is 0.0892 e. The first-order valence-electron chi connectivity index (χ1n) is 5.21. The fourth-order valence-electron chi connectivity index (χ4n) is 2.37. The molecule has 0 amide bonds. The molecule has 3 rings (SSSR count). The fraction of sp³-hybridized carbons (Fsp3) is 0.250. The molecular formula is C12H12N2O. The first-order chi connectivity index (χ1) is 7.40. The van der Waals surface area contributed by atoms with E-state index in [9.17, 15) is 0 Å². The summed E-state index contributed by atoms with van der Waals surface area (Å²) in [5.41, 5.74) is 4.26. The van der Waals surface area contributed by atoms with E-state index in [4.69, 9.17) is 5.21 Å². The van der Waals surface area contributed by atoms with Crippen molar-refractivity contribution < 1.29 is 5.21 Å². The van der Waals surface area contributed by atoms with E-state index in [2.05, 4.69) is 22.3 Å². The molecule has 1 heterocycles. The van der Waals surface area contributed by atoms with E-state index in [0.29, 0.717) is 0 Å². The molecule has 15 heavy (non-hydrogen) atoms. The van der Waals surface area contributed by atoms with Crippen LogP contribution < -0.4 is 0 Å². The lowest BCUT2D eigenvalue weighted by Gasteiger charge is -2.12. The van der Waals surface area contributed by atoms with Gasteiger partial charge >= 0.3 is 0 Å². The molecule has 1 aromatic heterocycles. The highest BCUT2D eigenvalue weighted by Crippen LogP contribution is 2.29. The van der Waals surface area contributed by atoms with Gasteiger partial charge in [-0.25, -0.2) is 0 Å². The maximum atomic E-state index is 8.99. The van der Waals surface area contributed by atoms with Crippen LogP contribution in [0, 0.1) is 0 Å². The largest absolute Gasteiger partial charge is 0.411 e. The molecule has 1 aliphatic carbocycles. The maximum absolute atomic E-state index is 8.99. The fourth-order valence-corrected chi connectivity index (χ4v) is 2.37. The average molecular weight is 200 g/mol. The van der Waals surface area contributed by atoms with Crippen LogP contribution in [0.15, 0.2) is 29.4 Å². The van der Waals surface area contributed by atoms with Gasteiger partial charge < -0.3 is 10.2 Å². The summed E-state index contributed by atoms with van der Waals surface area (Å²) in [4.78, 5) is 3.39. The number of fused-ring (bicyclic) bond motifs is 3. The molecule has 2 aromatic rings. The zero-order chi connectivity index (χ0) is 10.3. The van der Waals surface area contributed by atoms with Crippen LogP contribution >= 0.6 is 0 Å². The Labute approximate surface area is 87.4 Å². The zero-order valence-corrected chi connectivity index (χ0v) is 8.33. The molecule has 0 aliphatic heterocycles. The molecule has 3 nitrogen and oxygen atoms in total. The maximum Gasteiger partial charge on any atom is 0.0892 e. The second-order valence-electron chi connectivity index (χ2n) is 3.92. The number of benzene rings is 1. The third-order valence-corrected chi connectivity index (χ3v) is 3.03. The minimum absolute atomic E-state index is 0.814. The van der Waals surface area contributed by atoms with Crippen LogP contribution in [0.5, 0.6) is 0 Å². The molecule has 0 fully saturated rings. The first-order valence-corrected chi connectivity index (χ1v) is 5.21. The first kappa shape index (κ1) is 8.53. The van der Waals surface area contributed by atoms with Crippen LogP contribution in [0.25, 0.3) is 10.9 Å². The van der Waals surface area contributed by atoms with Crippen molar-refractivity contribution in [3.8, 4) is 0 Å². The third kappa shape index (κ3) is 1.16. The van der Waals surface area contributed by atoms with Gasteiger partial charge in [0.1, 0.15) is 0 Å². The monoisotopic (exact) mass is 200 g/mol. The van der Waals surface area contributed by atoms with E-state index in [-0.39, 0.29) is 0 Å². The number of para-hydroxylation sites is 1. The van der Waals surface area contributed by atoms with E-state index in [0.717, 1.165) is 36.1 Å². The van der Waals surface area contributed by atoms with E-state index < -0.39 is 0 Å². The summed E-state index contributed by atoms with van der Waals surface area (Å²) in [6, 6.07) is 8.16. The number of aromatic nitrogens is 1. The summed E-state index contributed by atoms with van der Waals surface area (Å²) >= 11 is 0. The number of rotatable bonds is 0. The van der Waals surface area contributed by atoms with Gasteiger partial charge in [0, 0.05) is 22.2 Å². The quantitative estimate of drug-likeness (QED) is 0.498. The van der Waals surface area contributed by atoms with E-state index in [1.165, 1.54) is 11.1 Å². The van der Waals surface area contributed by atoms with Gasteiger partial charge in [-0.3, -0.25) is 0 Å². The molecule has 2 N–H and O–H groups in total. The van der Waals surface area contributed by atoms with Crippen LogP contribution in [0.2, 0.25) is 0 Å². The summed E-state index contributed by atoms with van der Waals surface area (Å²) in [7, 11) is 0. The molecule has 0 spiro atoms. The lowest BCUT2D eigenvalue weighted by molar-refractivity contribution is 0.317. The number of oxime groups is 1. The minimum Gasteiger partial charge on any atom is -0.411 e. The highest BCUT2D eigenvalue weighted by Gasteiger charge is 2.20. The summed E-state index contributed by atoms with van der Waals surface area (Å²) in [6.07, 6.45) is 2.97. The van der Waals surface area contributed by atoms with E-state index in [1.54, 1.807) is 0 Å². The molecule has 0 unspecified atom stereocenters. The highest BCUT2D eigenvalue weighted by molar-refractivity contribution is 6.12. The highest BCUT2D eigenvalue weighted by atomic mass is 16.4. The van der Waals surface area contributed by atoms with Crippen LogP contribution in [-0.4, -0.2) is 15.9 Å². The van der Waals surface area contributed by atoms with Crippen molar-refractivity contribution in [2.24, 2.45) is 5.16 Å². The Hall–Kier alpha value is -1.77. The van der Waals surface area contributed by atoms with Crippen LogP contribution in [0.1, 0.15) is 24.1 Å². The number of nitrogens with zero attached hydrogens (tertiary/aromatic N) is 1. The van der Waals surface area contributed by atoms with Crippen LogP contribution in [0.4, 0.5) is 0 Å². The molecule has 0 atom stereocenters. The van der Waals surface area contributed by atoms with E-state index >= 15 is 0 Å². The lowest BCUT2D eigenvalue weighted by atomic mass is 9.94. The summed E-state index contributed by atoms with van der Waals surface area (Å²) in [6.45, 7) is 0. The Bertz CT molecular complexity index is 540. The van der Waals surface area contributed by atoms with Gasteiger partial charge in [-0.2, -0.15) is 0 Å². The van der Waals surface area contributed by atoms with Gasteiger partial charge in [0.15, 0.2) is 0 Å². The SMILES string of the molecule is O/N=C1/CCCc2[nH]c3ccccc3c21. The second-order valence-corrected chi connectivity index (χ2v) is 3.92. The molecule has 1 aliphatic rings. The number of aromatic amines is 1. The molecule has 76 valence electrons. The Morgan fingerprint density at radius 2 is 2.07 bits per heavy atom. The minimum atomic E-state index is 0.814. The molecule has 0 saturated heterocycles. The van der Waals surface area contributed by atoms with Crippen molar-refractivity contribution in [3.63, 3.8) is 0 Å². The lowest BCUT2D eigenvalue weighted by Crippen LogP contribution is -2.10. The molecule has 0 saturated carbocycles. The standard InChI is InChI=1S/C12H12N2O/c15-14-11-7-3-6-10-12(11)8-4-1-2-5-9(8)13-10/h1-2,4-5,13,15H,3,6-7H2/b14-11-. The average Bonchev–Trinajstić information content (AvgIpc) is 2.67. The second kappa shape index (κ2) is 3.12. The number of H-pyrrole nitrogens is 1. The normalized spacial score (nSPS) is 18.3. The number of hydrogen-bond donors (Lipinski definition) is 2. The molecule has 1 aromatic carbocycles. The van der Waals surface area contributed by atoms with Crippen molar-refractivity contribution in [3.05, 3.63) is 35.5 Å². The van der Waals surface area contributed by atoms with Gasteiger partial charge in [-0.05, 0) is 25.3 Å². The molecule has 3 heteroatoms. The van der Waals surface area contributed by atoms with Crippen LogP contribution in [-0.2, 0) is 6.42 Å². The van der Waals surface area contributed by atoms with Crippen LogP contribution in [0.3, 0.4) is 0 Å². The Balaban J connectivity index is 2.37. The molecular weight excluding hydrogens is 188 g/mol. The summed E-state index contributed by atoms with van der Waals surface area (Å²) < 4.78 is 0. The van der Waals surface area contributed by atoms with Crippen molar-refractivity contribution >= 4 is 16.6 Å². The van der Waals surface area contributed by atoms with Crippen molar-refractivity contribution in [1.29, 1.82) is 0 Å². The summed E-state index contributed by atoms with van der Waals surface area (Å²) in [5, 5.41) is 13.6. The molecule has 0 radical (unpaired) electrons.